The number of benzene rings is 4. The fourth-order valence-corrected chi connectivity index (χ4v) is 3.00. The van der Waals surface area contributed by atoms with Gasteiger partial charge in [-0.05, 0) is 97.1 Å². The first-order valence-corrected chi connectivity index (χ1v) is 10.9. The predicted octanol–water partition coefficient (Wildman–Crippen LogP) is 8.06. The van der Waals surface area contributed by atoms with Gasteiger partial charge in [0.15, 0.2) is 0 Å². The van der Waals surface area contributed by atoms with Gasteiger partial charge in [-0.2, -0.15) is 0 Å². The van der Waals surface area contributed by atoms with Crippen LogP contribution in [-0.2, 0) is 0 Å². The van der Waals surface area contributed by atoms with E-state index < -0.39 is 12.7 Å². The Morgan fingerprint density at radius 3 is 0.846 bits per heavy atom. The van der Waals surface area contributed by atoms with Gasteiger partial charge in [0.1, 0.15) is 46.0 Å². The van der Waals surface area contributed by atoms with Gasteiger partial charge in [0.2, 0.25) is 0 Å². The van der Waals surface area contributed by atoms with Crippen LogP contribution in [0.5, 0.6) is 46.0 Å². The van der Waals surface area contributed by atoms with Gasteiger partial charge in [-0.25, -0.2) is 0 Å². The van der Waals surface area contributed by atoms with Crippen LogP contribution in [0.2, 0.25) is 0 Å². The molecule has 0 aliphatic carbocycles. The highest BCUT2D eigenvalue weighted by Crippen LogP contribution is 2.30. The zero-order valence-electron chi connectivity index (χ0n) is 19.5. The Morgan fingerprint density at radius 1 is 0.359 bits per heavy atom. The molecule has 0 spiro atoms. The number of halogens is 6. The lowest BCUT2D eigenvalue weighted by molar-refractivity contribution is -0.275. The molecule has 6 nitrogen and oxygen atoms in total. The maximum Gasteiger partial charge on any atom is 0.658 e. The van der Waals surface area contributed by atoms with Crippen molar-refractivity contribution in [3.63, 3.8) is 0 Å². The van der Waals surface area contributed by atoms with E-state index in [9.17, 15) is 26.3 Å². The van der Waals surface area contributed by atoms with E-state index in [2.05, 4.69) is 9.47 Å². The highest BCUT2D eigenvalue weighted by Gasteiger charge is 2.31. The van der Waals surface area contributed by atoms with Gasteiger partial charge >= 0.3 is 20.4 Å². The second kappa shape index (κ2) is 11.8. The second-order valence-corrected chi connectivity index (χ2v) is 7.52. The largest absolute Gasteiger partial charge is 0.658 e. The molecule has 0 bridgehead atoms. The molecule has 0 aliphatic rings. The van der Waals surface area contributed by atoms with Crippen LogP contribution in [0, 0.1) is 0 Å². The molecule has 0 heterocycles. The van der Waals surface area contributed by atoms with E-state index in [1.807, 2.05) is 0 Å². The summed E-state index contributed by atoms with van der Waals surface area (Å²) in [5.41, 5.74) is 0. The summed E-state index contributed by atoms with van der Waals surface area (Å²) in [5.74, 6) is 1.61. The Balaban J connectivity index is 1.21. The number of alkyl halides is 6. The van der Waals surface area contributed by atoms with Crippen LogP contribution < -0.4 is 28.3 Å². The third kappa shape index (κ3) is 9.29. The Morgan fingerprint density at radius 2 is 0.590 bits per heavy atom. The molecule has 201 valence electrons. The zero-order valence-corrected chi connectivity index (χ0v) is 19.5. The van der Waals surface area contributed by atoms with Crippen molar-refractivity contribution in [3.05, 3.63) is 97.1 Å². The smallest absolute Gasteiger partial charge is 0.526 e. The average Bonchev–Trinajstić information content (AvgIpc) is 2.87. The summed E-state index contributed by atoms with van der Waals surface area (Å²) >= 11 is 0. The average molecular weight is 549 g/mol. The van der Waals surface area contributed by atoms with Gasteiger partial charge in [-0.3, -0.25) is 0 Å². The predicted molar refractivity (Wildman–Crippen MR) is 126 cm³/mol. The van der Waals surface area contributed by atoms with Crippen molar-refractivity contribution in [1.82, 2.24) is 0 Å². The minimum atomic E-state index is -4.77. The van der Waals surface area contributed by atoms with Crippen molar-refractivity contribution < 1.29 is 54.6 Å². The van der Waals surface area contributed by atoms with Crippen molar-refractivity contribution in [2.45, 2.75) is 12.7 Å². The molecule has 4 aromatic carbocycles. The van der Waals surface area contributed by atoms with Gasteiger partial charge < -0.3 is 28.3 Å². The molecule has 0 N–H and O–H groups in total. The Kier molecular flexibility index (Phi) is 8.28. The number of ether oxygens (including phenoxy) is 4. The van der Waals surface area contributed by atoms with Crippen LogP contribution >= 0.6 is 0 Å². The Labute approximate surface area is 218 Å². The monoisotopic (exact) mass is 549 g/mol. The minimum absolute atomic E-state index is 0.313. The van der Waals surface area contributed by atoms with Gasteiger partial charge in [0, 0.05) is 0 Å². The molecular weight excluding hydrogens is 533 g/mol. The summed E-state index contributed by atoms with van der Waals surface area (Å²) in [6.07, 6.45) is -9.54. The fourth-order valence-electron chi connectivity index (χ4n) is 3.00. The lowest BCUT2D eigenvalue weighted by Gasteiger charge is -2.11. The van der Waals surface area contributed by atoms with Crippen LogP contribution in [0.4, 0.5) is 26.3 Å². The van der Waals surface area contributed by atoms with Crippen LogP contribution in [0.15, 0.2) is 97.1 Å². The van der Waals surface area contributed by atoms with E-state index in [-0.39, 0.29) is 11.5 Å². The molecule has 0 unspecified atom stereocenters. The third-order valence-corrected chi connectivity index (χ3v) is 4.60. The van der Waals surface area contributed by atoms with Crippen LogP contribution in [-0.4, -0.2) is 20.4 Å². The summed E-state index contributed by atoms with van der Waals surface area (Å²) in [7, 11) is 1.10. The lowest BCUT2D eigenvalue weighted by atomic mass is 10.2. The van der Waals surface area contributed by atoms with E-state index in [0.717, 1.165) is 32.0 Å². The lowest BCUT2D eigenvalue weighted by Crippen LogP contribution is -2.16. The molecule has 39 heavy (non-hydrogen) atoms. The van der Waals surface area contributed by atoms with Gasteiger partial charge in [0.05, 0.1) is 0 Å². The molecule has 0 aromatic heterocycles. The molecule has 4 aromatic rings. The molecule has 4 rings (SSSR count). The van der Waals surface area contributed by atoms with E-state index in [1.54, 1.807) is 48.5 Å². The van der Waals surface area contributed by atoms with Gasteiger partial charge in [0.25, 0.3) is 0 Å². The molecule has 0 saturated heterocycles. The van der Waals surface area contributed by atoms with Crippen molar-refractivity contribution in [2.24, 2.45) is 0 Å². The molecular formula is C26H16BF6O6. The highest BCUT2D eigenvalue weighted by atomic mass is 19.4. The number of rotatable bonds is 10. The first kappa shape index (κ1) is 27.4. The number of hydrogen-bond acceptors (Lipinski definition) is 6. The van der Waals surface area contributed by atoms with Crippen molar-refractivity contribution in [2.75, 3.05) is 0 Å². The molecule has 0 saturated carbocycles. The maximum atomic E-state index is 12.2. The van der Waals surface area contributed by atoms with E-state index >= 15 is 0 Å². The van der Waals surface area contributed by atoms with Crippen LogP contribution in [0.25, 0.3) is 0 Å². The summed E-state index contributed by atoms with van der Waals surface area (Å²) < 4.78 is 103. The topological polar surface area (TPSA) is 55.4 Å². The Bertz CT molecular complexity index is 1220. The zero-order chi connectivity index (χ0) is 27.9. The molecule has 0 amide bonds. The third-order valence-electron chi connectivity index (χ3n) is 4.60. The van der Waals surface area contributed by atoms with E-state index in [4.69, 9.17) is 18.8 Å². The van der Waals surface area contributed by atoms with E-state index in [1.165, 1.54) is 24.3 Å². The Hall–Kier alpha value is -4.68. The van der Waals surface area contributed by atoms with Gasteiger partial charge in [-0.1, -0.05) is 0 Å². The molecule has 1 radical (unpaired) electrons. The normalized spacial score (nSPS) is 11.3. The van der Waals surface area contributed by atoms with Crippen molar-refractivity contribution in [1.29, 1.82) is 0 Å². The summed E-state index contributed by atoms with van der Waals surface area (Å²) in [5, 5.41) is 0. The quantitative estimate of drug-likeness (QED) is 0.147. The molecule has 0 fully saturated rings. The molecule has 13 heteroatoms. The fraction of sp³-hybridized carbons (Fsp3) is 0.0769. The summed E-state index contributed by atoms with van der Waals surface area (Å²) in [6.45, 7) is 0. The second-order valence-electron chi connectivity index (χ2n) is 7.52. The first-order chi connectivity index (χ1) is 18.5. The van der Waals surface area contributed by atoms with Crippen molar-refractivity contribution >= 4 is 7.69 Å². The van der Waals surface area contributed by atoms with Crippen LogP contribution in [0.3, 0.4) is 0 Å². The maximum absolute atomic E-state index is 12.2. The van der Waals surface area contributed by atoms with Crippen LogP contribution in [0.1, 0.15) is 0 Å². The highest BCUT2D eigenvalue weighted by molar-refractivity contribution is 6.20. The SMILES string of the molecule is FC(F)(F)Oc1ccc(Oc2ccc(O[B]Oc3ccc(Oc4ccc(OC(F)(F)F)cc4)cc3)cc2)cc1. The van der Waals surface area contributed by atoms with Crippen molar-refractivity contribution in [3.8, 4) is 46.0 Å². The summed E-state index contributed by atoms with van der Waals surface area (Å²) in [4.78, 5) is 0. The minimum Gasteiger partial charge on any atom is -0.526 e. The number of hydrogen-bond donors (Lipinski definition) is 0. The molecule has 0 atom stereocenters. The first-order valence-electron chi connectivity index (χ1n) is 10.9. The standard InChI is InChI=1S/C26H16BF6O6/c28-25(29,30)36-21-9-1-17(2-10-21)34-19-5-13-23(14-6-19)38-27-39-24-15-7-20(8-16-24)35-18-3-11-22(12-4-18)37-26(31,32)33/h1-16H. The molecule has 0 aliphatic heterocycles. The summed E-state index contributed by atoms with van der Waals surface area (Å²) in [6, 6.07) is 22.7. The van der Waals surface area contributed by atoms with Gasteiger partial charge in [-0.15, -0.1) is 26.3 Å². The van der Waals surface area contributed by atoms with E-state index in [0.29, 0.717) is 34.5 Å².